The highest BCUT2D eigenvalue weighted by molar-refractivity contribution is 7.53. The third-order valence-corrected chi connectivity index (χ3v) is 8.23. The Bertz CT molecular complexity index is 399. The first-order valence-electron chi connectivity index (χ1n) is 14.3. The molecule has 0 radical (unpaired) electrons. The molecule has 0 spiro atoms. The van der Waals surface area contributed by atoms with Crippen LogP contribution in [0.5, 0.6) is 0 Å². The van der Waals surface area contributed by atoms with E-state index in [0.29, 0.717) is 19.4 Å². The van der Waals surface area contributed by atoms with E-state index in [0.717, 1.165) is 50.4 Å². The van der Waals surface area contributed by atoms with Crippen LogP contribution in [0.2, 0.25) is 0 Å². The smallest absolute Gasteiger partial charge is 0.309 e. The van der Waals surface area contributed by atoms with Crippen molar-refractivity contribution >= 4 is 7.60 Å². The minimum atomic E-state index is -2.93. The Balaban J connectivity index is 4.07. The van der Waals surface area contributed by atoms with Crippen LogP contribution in [0.3, 0.4) is 0 Å². The summed E-state index contributed by atoms with van der Waals surface area (Å²) in [4.78, 5) is 0. The third-order valence-electron chi connectivity index (χ3n) is 6.21. The van der Waals surface area contributed by atoms with Gasteiger partial charge < -0.3 is 9.05 Å². The maximum atomic E-state index is 13.3. The van der Waals surface area contributed by atoms with Gasteiger partial charge in [0.25, 0.3) is 0 Å². The molecule has 0 N–H and O–H groups in total. The highest BCUT2D eigenvalue weighted by Gasteiger charge is 2.23. The van der Waals surface area contributed by atoms with Gasteiger partial charge >= 0.3 is 7.60 Å². The summed E-state index contributed by atoms with van der Waals surface area (Å²) >= 11 is 0. The van der Waals surface area contributed by atoms with Gasteiger partial charge in [0.05, 0.1) is 19.4 Å². The van der Waals surface area contributed by atoms with Crippen molar-refractivity contribution in [2.75, 3.05) is 19.4 Å². The SMILES string of the molecule is CCCCCCCCCCCCP(=O)(OCCCCCC(C)C)OCCCCCC(C)C. The van der Waals surface area contributed by atoms with Gasteiger partial charge in [-0.2, -0.15) is 0 Å². The molecule has 0 saturated heterocycles. The van der Waals surface area contributed by atoms with Gasteiger partial charge in [0.2, 0.25) is 0 Å². The van der Waals surface area contributed by atoms with Crippen LogP contribution in [0, 0.1) is 11.8 Å². The maximum absolute atomic E-state index is 13.3. The zero-order chi connectivity index (χ0) is 23.9. The standard InChI is InChI=1S/C28H59O3P/c1-6-7-8-9-10-11-12-13-14-21-26-32(29,30-24-19-15-17-22-27(2)3)31-25-20-16-18-23-28(4)5/h27-28H,6-26H2,1-5H3. The molecule has 0 aromatic rings. The average Bonchev–Trinajstić information content (AvgIpc) is 2.74. The van der Waals surface area contributed by atoms with Crippen LogP contribution in [0.25, 0.3) is 0 Å². The molecule has 0 amide bonds. The predicted octanol–water partition coefficient (Wildman–Crippen LogP) is 10.6. The average molecular weight is 475 g/mol. The molecule has 0 atom stereocenters. The molecule has 0 bridgehead atoms. The first-order chi connectivity index (χ1) is 15.4. The third kappa shape index (κ3) is 23.3. The van der Waals surface area contributed by atoms with Gasteiger partial charge in [-0.1, -0.05) is 131 Å². The van der Waals surface area contributed by atoms with Crippen molar-refractivity contribution < 1.29 is 13.6 Å². The molecular weight excluding hydrogens is 415 g/mol. The van der Waals surface area contributed by atoms with Crippen molar-refractivity contribution in [3.8, 4) is 0 Å². The first-order valence-corrected chi connectivity index (χ1v) is 16.0. The summed E-state index contributed by atoms with van der Waals surface area (Å²) in [5.74, 6) is 1.52. The van der Waals surface area contributed by atoms with Gasteiger partial charge in [-0.05, 0) is 31.1 Å². The van der Waals surface area contributed by atoms with Crippen LogP contribution in [0.1, 0.15) is 150 Å². The lowest BCUT2D eigenvalue weighted by atomic mass is 10.1. The lowest BCUT2D eigenvalue weighted by Gasteiger charge is -2.19. The van der Waals surface area contributed by atoms with Crippen LogP contribution in [-0.4, -0.2) is 19.4 Å². The summed E-state index contributed by atoms with van der Waals surface area (Å²) in [5, 5.41) is 0. The highest BCUT2D eigenvalue weighted by Crippen LogP contribution is 2.49. The normalized spacial score (nSPS) is 12.3. The summed E-state index contributed by atoms with van der Waals surface area (Å²) in [6, 6.07) is 0. The summed E-state index contributed by atoms with van der Waals surface area (Å²) in [5.41, 5.74) is 0. The molecule has 194 valence electrons. The fourth-order valence-corrected chi connectivity index (χ4v) is 5.79. The minimum Gasteiger partial charge on any atom is -0.309 e. The number of unbranched alkanes of at least 4 members (excludes halogenated alkanes) is 13. The van der Waals surface area contributed by atoms with Gasteiger partial charge in [-0.25, -0.2) is 0 Å². The summed E-state index contributed by atoms with van der Waals surface area (Å²) in [6.45, 7) is 12.5. The summed E-state index contributed by atoms with van der Waals surface area (Å²) in [7, 11) is -2.93. The molecule has 32 heavy (non-hydrogen) atoms. The molecule has 0 aliphatic heterocycles. The zero-order valence-corrected chi connectivity index (χ0v) is 23.6. The van der Waals surface area contributed by atoms with E-state index < -0.39 is 7.60 Å². The largest absolute Gasteiger partial charge is 0.330 e. The van der Waals surface area contributed by atoms with Gasteiger partial charge in [-0.3, -0.25) is 4.57 Å². The Morgan fingerprint density at radius 2 is 0.906 bits per heavy atom. The molecule has 0 aromatic carbocycles. The van der Waals surface area contributed by atoms with Gasteiger partial charge in [0.15, 0.2) is 0 Å². The van der Waals surface area contributed by atoms with Crippen LogP contribution in [-0.2, 0) is 13.6 Å². The molecule has 3 nitrogen and oxygen atoms in total. The topological polar surface area (TPSA) is 35.5 Å². The van der Waals surface area contributed by atoms with Crippen molar-refractivity contribution in [3.05, 3.63) is 0 Å². The minimum absolute atomic E-state index is 0.584. The summed E-state index contributed by atoms with van der Waals surface area (Å²) < 4.78 is 25.1. The molecule has 0 aliphatic carbocycles. The molecule has 0 unspecified atom stereocenters. The fourth-order valence-electron chi connectivity index (χ4n) is 4.03. The molecule has 0 aliphatic rings. The maximum Gasteiger partial charge on any atom is 0.330 e. The molecule has 0 aromatic heterocycles. The molecule has 0 heterocycles. The second-order valence-electron chi connectivity index (χ2n) is 10.7. The Hall–Kier alpha value is 0.150. The van der Waals surface area contributed by atoms with Crippen LogP contribution >= 0.6 is 7.60 Å². The van der Waals surface area contributed by atoms with E-state index in [4.69, 9.17) is 9.05 Å². The lowest BCUT2D eigenvalue weighted by molar-refractivity contribution is 0.196. The van der Waals surface area contributed by atoms with E-state index in [-0.39, 0.29) is 0 Å². The second kappa shape index (κ2) is 22.9. The van der Waals surface area contributed by atoms with E-state index in [9.17, 15) is 4.57 Å². The Morgan fingerprint density at radius 1 is 0.531 bits per heavy atom. The molecule has 4 heteroatoms. The molecule has 0 fully saturated rings. The van der Waals surface area contributed by atoms with E-state index in [1.165, 1.54) is 77.0 Å². The Labute approximate surface area is 202 Å². The number of hydrogen-bond acceptors (Lipinski definition) is 3. The van der Waals surface area contributed by atoms with Crippen molar-refractivity contribution in [3.63, 3.8) is 0 Å². The van der Waals surface area contributed by atoms with E-state index >= 15 is 0 Å². The fraction of sp³-hybridized carbons (Fsp3) is 1.00. The second-order valence-corrected chi connectivity index (χ2v) is 12.9. The van der Waals surface area contributed by atoms with Crippen LogP contribution in [0.4, 0.5) is 0 Å². The number of hydrogen-bond donors (Lipinski definition) is 0. The highest BCUT2D eigenvalue weighted by atomic mass is 31.2. The van der Waals surface area contributed by atoms with Crippen molar-refractivity contribution in [1.82, 2.24) is 0 Å². The quantitative estimate of drug-likeness (QED) is 0.0974. The van der Waals surface area contributed by atoms with E-state index in [1.807, 2.05) is 0 Å². The first kappa shape index (κ1) is 32.1. The van der Waals surface area contributed by atoms with Crippen molar-refractivity contribution in [1.29, 1.82) is 0 Å². The van der Waals surface area contributed by atoms with Crippen molar-refractivity contribution in [2.45, 2.75) is 150 Å². The predicted molar refractivity (Wildman–Crippen MR) is 143 cm³/mol. The molecular formula is C28H59O3P. The molecule has 0 saturated carbocycles. The van der Waals surface area contributed by atoms with Crippen molar-refractivity contribution in [2.24, 2.45) is 11.8 Å². The Morgan fingerprint density at radius 3 is 1.31 bits per heavy atom. The van der Waals surface area contributed by atoms with Gasteiger partial charge in [0.1, 0.15) is 0 Å². The van der Waals surface area contributed by atoms with E-state index in [2.05, 4.69) is 34.6 Å². The monoisotopic (exact) mass is 474 g/mol. The lowest BCUT2D eigenvalue weighted by Crippen LogP contribution is -2.04. The van der Waals surface area contributed by atoms with Crippen LogP contribution in [0.15, 0.2) is 0 Å². The van der Waals surface area contributed by atoms with Crippen LogP contribution < -0.4 is 0 Å². The van der Waals surface area contributed by atoms with Gasteiger partial charge in [-0.15, -0.1) is 0 Å². The molecule has 0 rings (SSSR count). The Kier molecular flexibility index (Phi) is 23.0. The van der Waals surface area contributed by atoms with Gasteiger partial charge in [0, 0.05) is 0 Å². The zero-order valence-electron chi connectivity index (χ0n) is 22.7. The number of rotatable bonds is 25. The summed E-state index contributed by atoms with van der Waals surface area (Å²) in [6.07, 6.45) is 22.8. The van der Waals surface area contributed by atoms with E-state index in [1.54, 1.807) is 0 Å².